The van der Waals surface area contributed by atoms with Crippen LogP contribution in [-0.4, -0.2) is 54.3 Å². The number of benzene rings is 1. The molecule has 25 heavy (non-hydrogen) atoms. The van der Waals surface area contributed by atoms with Crippen LogP contribution in [0.4, 0.5) is 0 Å². The lowest BCUT2D eigenvalue weighted by molar-refractivity contribution is -0.137. The number of aliphatic hydroxyl groups is 1. The fourth-order valence-electron chi connectivity index (χ4n) is 2.24. The molecule has 2 atom stereocenters. The predicted molar refractivity (Wildman–Crippen MR) is 93.8 cm³/mol. The number of carbonyl (C=O) groups excluding carboxylic acids is 2. The molecule has 0 heterocycles. The third kappa shape index (κ3) is 6.20. The number of amides is 2. The van der Waals surface area contributed by atoms with Crippen LogP contribution >= 0.6 is 0 Å². The second kappa shape index (κ2) is 8.63. The Morgan fingerprint density at radius 1 is 1.12 bits per heavy atom. The van der Waals surface area contributed by atoms with E-state index in [4.69, 9.17) is 5.11 Å². The highest BCUT2D eigenvalue weighted by atomic mass is 28.3. The molecule has 8 nitrogen and oxygen atoms in total. The molecule has 0 aliphatic heterocycles. The highest BCUT2D eigenvalue weighted by molar-refractivity contribution is 6.80. The molecule has 1 rings (SSSR count). The summed E-state index contributed by atoms with van der Waals surface area (Å²) in [6, 6.07) is 4.55. The molecular weight excluding hydrogens is 344 g/mol. The molecule has 0 aliphatic rings. The molecule has 0 spiro atoms. The van der Waals surface area contributed by atoms with Crippen molar-refractivity contribution in [3.8, 4) is 5.75 Å². The maximum absolute atomic E-state index is 12.5. The number of carboxylic acid groups (broad SMARTS) is 1. The van der Waals surface area contributed by atoms with E-state index in [-0.39, 0.29) is 12.3 Å². The summed E-state index contributed by atoms with van der Waals surface area (Å²) >= 11 is 0. The molecule has 2 amide bonds. The van der Waals surface area contributed by atoms with Gasteiger partial charge in [-0.2, -0.15) is 0 Å². The van der Waals surface area contributed by atoms with Crippen LogP contribution in [0.1, 0.15) is 11.6 Å². The summed E-state index contributed by atoms with van der Waals surface area (Å²) < 4.78 is 0. The van der Waals surface area contributed by atoms with Crippen molar-refractivity contribution in [2.45, 2.75) is 31.2 Å². The van der Waals surface area contributed by atoms with E-state index in [1.807, 2.05) is 19.6 Å². The van der Waals surface area contributed by atoms with Crippen molar-refractivity contribution in [1.82, 2.24) is 10.6 Å². The van der Waals surface area contributed by atoms with Crippen molar-refractivity contribution in [3.63, 3.8) is 0 Å². The van der Waals surface area contributed by atoms with Crippen LogP contribution < -0.4 is 10.6 Å². The average molecular weight is 368 g/mol. The molecule has 0 bridgehead atoms. The number of phenolic OH excluding ortho intramolecular Hbond substituents is 1. The second-order valence-electron chi connectivity index (χ2n) is 6.75. The number of hydrogen-bond donors (Lipinski definition) is 5. The Morgan fingerprint density at radius 2 is 1.68 bits per heavy atom. The van der Waals surface area contributed by atoms with E-state index in [2.05, 4.69) is 10.6 Å². The zero-order valence-corrected chi connectivity index (χ0v) is 15.4. The van der Waals surface area contributed by atoms with Gasteiger partial charge in [-0.15, -0.1) is 0 Å². The van der Waals surface area contributed by atoms with Gasteiger partial charge in [0.25, 0.3) is 0 Å². The highest BCUT2D eigenvalue weighted by Gasteiger charge is 2.34. The van der Waals surface area contributed by atoms with Gasteiger partial charge in [-0.25, -0.2) is 0 Å². The minimum absolute atomic E-state index is 0.000988. The summed E-state index contributed by atoms with van der Waals surface area (Å²) in [4.78, 5) is 35.4. The summed E-state index contributed by atoms with van der Waals surface area (Å²) in [5, 5.41) is 32.5. The minimum atomic E-state index is -2.05. The first kappa shape index (κ1) is 20.7. The van der Waals surface area contributed by atoms with Crippen molar-refractivity contribution in [2.75, 3.05) is 13.2 Å². The third-order valence-corrected chi connectivity index (χ3v) is 6.30. The van der Waals surface area contributed by atoms with Crippen LogP contribution in [0.3, 0.4) is 0 Å². The van der Waals surface area contributed by atoms with Crippen LogP contribution in [0.15, 0.2) is 24.3 Å². The highest BCUT2D eigenvalue weighted by Crippen LogP contribution is 2.22. The fourth-order valence-corrected chi connectivity index (χ4v) is 3.70. The van der Waals surface area contributed by atoms with Gasteiger partial charge in [-0.1, -0.05) is 31.8 Å². The summed E-state index contributed by atoms with van der Waals surface area (Å²) in [5.74, 6) is -2.30. The lowest BCUT2D eigenvalue weighted by Gasteiger charge is -2.26. The molecule has 1 aromatic carbocycles. The Bertz CT molecular complexity index is 627. The summed E-state index contributed by atoms with van der Waals surface area (Å²) in [5.41, 5.74) is -0.276. The zero-order valence-electron chi connectivity index (χ0n) is 14.4. The van der Waals surface area contributed by atoms with Crippen LogP contribution in [0, 0.1) is 0 Å². The van der Waals surface area contributed by atoms with Gasteiger partial charge in [0.1, 0.15) is 18.4 Å². The number of aromatic hydroxyl groups is 1. The number of nitrogens with one attached hydrogen (secondary N) is 2. The molecule has 5 N–H and O–H groups in total. The third-order valence-electron chi connectivity index (χ3n) is 3.76. The number of carbonyl (C=O) groups is 3. The normalized spacial score (nSPS) is 13.6. The van der Waals surface area contributed by atoms with Gasteiger partial charge in [0.15, 0.2) is 0 Å². The number of aliphatic carboxylic acids is 1. The topological polar surface area (TPSA) is 136 Å². The SMILES string of the molecule is C[Si](C)(C)[C@@H](CNC(=O)[C@H](NC(=O)CO)c1ccc(O)cc1)C(=O)O. The lowest BCUT2D eigenvalue weighted by Crippen LogP contribution is -2.46. The molecule has 0 saturated carbocycles. The quantitative estimate of drug-likeness (QED) is 0.423. The van der Waals surface area contributed by atoms with E-state index >= 15 is 0 Å². The van der Waals surface area contributed by atoms with Gasteiger partial charge in [-0.3, -0.25) is 14.4 Å². The number of carboxylic acids is 1. The summed E-state index contributed by atoms with van der Waals surface area (Å²) in [6.45, 7) is 4.84. The second-order valence-corrected chi connectivity index (χ2v) is 12.2. The number of hydrogen-bond acceptors (Lipinski definition) is 5. The fraction of sp³-hybridized carbons (Fsp3) is 0.438. The van der Waals surface area contributed by atoms with Crippen molar-refractivity contribution < 1.29 is 29.7 Å². The van der Waals surface area contributed by atoms with E-state index in [9.17, 15) is 24.6 Å². The van der Waals surface area contributed by atoms with Crippen molar-refractivity contribution in [2.24, 2.45) is 0 Å². The van der Waals surface area contributed by atoms with E-state index in [1.54, 1.807) is 0 Å². The lowest BCUT2D eigenvalue weighted by atomic mass is 10.1. The molecule has 0 aliphatic carbocycles. The molecule has 0 unspecified atom stereocenters. The first-order valence-corrected chi connectivity index (χ1v) is 11.3. The predicted octanol–water partition coefficient (Wildman–Crippen LogP) is 0.451. The van der Waals surface area contributed by atoms with Gasteiger partial charge < -0.3 is 26.0 Å². The van der Waals surface area contributed by atoms with E-state index < -0.39 is 44.0 Å². The number of aliphatic hydroxyl groups excluding tert-OH is 1. The molecule has 1 aromatic rings. The van der Waals surface area contributed by atoms with E-state index in [0.29, 0.717) is 5.56 Å². The molecule has 0 fully saturated rings. The largest absolute Gasteiger partial charge is 0.508 e. The monoisotopic (exact) mass is 368 g/mol. The number of rotatable bonds is 8. The minimum Gasteiger partial charge on any atom is -0.508 e. The Morgan fingerprint density at radius 3 is 2.12 bits per heavy atom. The smallest absolute Gasteiger partial charge is 0.305 e. The van der Waals surface area contributed by atoms with Crippen LogP contribution in [0.2, 0.25) is 25.2 Å². The summed E-state index contributed by atoms with van der Waals surface area (Å²) in [7, 11) is -2.05. The molecule has 0 radical (unpaired) electrons. The van der Waals surface area contributed by atoms with Gasteiger partial charge in [0, 0.05) is 6.54 Å². The zero-order chi connectivity index (χ0) is 19.2. The van der Waals surface area contributed by atoms with Crippen LogP contribution in [-0.2, 0) is 14.4 Å². The van der Waals surface area contributed by atoms with Gasteiger partial charge in [-0.05, 0) is 17.7 Å². The van der Waals surface area contributed by atoms with Crippen molar-refractivity contribution in [1.29, 1.82) is 0 Å². The molecule has 0 saturated heterocycles. The molecule has 138 valence electrons. The van der Waals surface area contributed by atoms with Gasteiger partial charge in [0.2, 0.25) is 11.8 Å². The Labute approximate surface area is 146 Å². The van der Waals surface area contributed by atoms with Crippen molar-refractivity contribution >= 4 is 25.9 Å². The van der Waals surface area contributed by atoms with E-state index in [0.717, 1.165) is 0 Å². The van der Waals surface area contributed by atoms with E-state index in [1.165, 1.54) is 24.3 Å². The molecule has 0 aromatic heterocycles. The molecule has 9 heteroatoms. The molecular formula is C16H24N2O6Si. The maximum atomic E-state index is 12.5. The van der Waals surface area contributed by atoms with Gasteiger partial charge >= 0.3 is 5.97 Å². The standard InChI is InChI=1S/C16H24N2O6Si/c1-25(2,3)12(16(23)24)8-17-15(22)14(18-13(21)9-19)10-4-6-11(20)7-5-10/h4-7,12,14,19-20H,8-9H2,1-3H3,(H,17,22)(H,18,21)(H,23,24)/t12-,14+/m0/s1. The van der Waals surface area contributed by atoms with Crippen LogP contribution in [0.25, 0.3) is 0 Å². The first-order chi connectivity index (χ1) is 11.6. The summed E-state index contributed by atoms with van der Waals surface area (Å²) in [6.07, 6.45) is 0. The Hall–Kier alpha value is -2.39. The van der Waals surface area contributed by atoms with Gasteiger partial charge in [0.05, 0.1) is 13.6 Å². The van der Waals surface area contributed by atoms with Crippen LogP contribution in [0.5, 0.6) is 5.75 Å². The number of phenols is 1. The average Bonchev–Trinajstić information content (AvgIpc) is 2.51. The first-order valence-electron chi connectivity index (χ1n) is 7.76. The Balaban J connectivity index is 2.94. The Kier molecular flexibility index (Phi) is 7.13. The van der Waals surface area contributed by atoms with Crippen molar-refractivity contribution in [3.05, 3.63) is 29.8 Å². The maximum Gasteiger partial charge on any atom is 0.305 e.